The first-order valence-electron chi connectivity index (χ1n) is 14.1. The van der Waals surface area contributed by atoms with Crippen LogP contribution in [0.2, 0.25) is 0 Å². The Balaban J connectivity index is 1.22. The van der Waals surface area contributed by atoms with Crippen molar-refractivity contribution in [2.75, 3.05) is 6.61 Å². The van der Waals surface area contributed by atoms with Crippen LogP contribution < -0.4 is 0 Å². The minimum absolute atomic E-state index is 0.0283. The van der Waals surface area contributed by atoms with Gasteiger partial charge in [-0.3, -0.25) is 9.59 Å². The van der Waals surface area contributed by atoms with E-state index in [0.717, 1.165) is 37.7 Å². The fraction of sp³-hybridized carbons (Fsp3) is 0.767. The summed E-state index contributed by atoms with van der Waals surface area (Å²) in [5.74, 6) is 1.07. The summed E-state index contributed by atoms with van der Waals surface area (Å²) in [5, 5.41) is 10.9. The van der Waals surface area contributed by atoms with Gasteiger partial charge in [-0.25, -0.2) is 4.79 Å². The summed E-state index contributed by atoms with van der Waals surface area (Å²) in [4.78, 5) is 37.4. The molecule has 7 nitrogen and oxygen atoms in total. The topological polar surface area (TPSA) is 102 Å². The van der Waals surface area contributed by atoms with Crippen LogP contribution in [0.4, 0.5) is 0 Å². The Kier molecular flexibility index (Phi) is 5.64. The van der Waals surface area contributed by atoms with Gasteiger partial charge < -0.3 is 19.3 Å². The number of fused-ring (bicyclic) bond motifs is 4. The summed E-state index contributed by atoms with van der Waals surface area (Å²) in [6.07, 6.45) is 8.05. The van der Waals surface area contributed by atoms with Crippen molar-refractivity contribution in [2.24, 2.45) is 40.4 Å². The average Bonchev–Trinajstić information content (AvgIpc) is 3.47. The van der Waals surface area contributed by atoms with Gasteiger partial charge in [0, 0.05) is 13.3 Å². The summed E-state index contributed by atoms with van der Waals surface area (Å²) in [6, 6.07) is 0. The second kappa shape index (κ2) is 8.25. The molecule has 0 aromatic heterocycles. The molecule has 11 atom stereocenters. The van der Waals surface area contributed by atoms with Gasteiger partial charge in [0.05, 0.1) is 17.1 Å². The second-order valence-electron chi connectivity index (χ2n) is 13.2. The lowest BCUT2D eigenvalue weighted by atomic mass is 9.44. The lowest BCUT2D eigenvalue weighted by molar-refractivity contribution is -0.156. The lowest BCUT2D eigenvalue weighted by Crippen LogP contribution is -2.63. The maximum Gasteiger partial charge on any atom is 0.337 e. The molecule has 0 radical (unpaired) electrons. The minimum Gasteiger partial charge on any atom is -0.461 e. The smallest absolute Gasteiger partial charge is 0.337 e. The molecule has 0 aromatic carbocycles. The highest BCUT2D eigenvalue weighted by molar-refractivity contribution is 5.98. The number of ketones is 1. The largest absolute Gasteiger partial charge is 0.461 e. The van der Waals surface area contributed by atoms with Crippen LogP contribution in [0, 0.1) is 40.4 Å². The number of hydrogen-bond donors (Lipinski definition) is 1. The van der Waals surface area contributed by atoms with Gasteiger partial charge >= 0.3 is 11.9 Å². The second-order valence-corrected chi connectivity index (χ2v) is 13.2. The predicted molar refractivity (Wildman–Crippen MR) is 134 cm³/mol. The Hall–Kier alpha value is -1.99. The number of carbonyl (C=O) groups is 3. The van der Waals surface area contributed by atoms with Crippen LogP contribution in [0.5, 0.6) is 0 Å². The van der Waals surface area contributed by atoms with Gasteiger partial charge in [0.25, 0.3) is 0 Å². The third-order valence-electron chi connectivity index (χ3n) is 11.9. The van der Waals surface area contributed by atoms with Crippen LogP contribution in [0.3, 0.4) is 0 Å². The van der Waals surface area contributed by atoms with Gasteiger partial charge in [-0.05, 0) is 93.1 Å². The van der Waals surface area contributed by atoms with Gasteiger partial charge in [0.1, 0.15) is 24.4 Å². The number of ether oxygens (including phenoxy) is 3. The van der Waals surface area contributed by atoms with Crippen molar-refractivity contribution in [2.45, 2.75) is 97.1 Å². The number of rotatable bonds is 4. The van der Waals surface area contributed by atoms with E-state index in [9.17, 15) is 19.5 Å². The number of carbonyl (C=O) groups excluding carboxylic acids is 3. The molecular formula is C30H40O7. The van der Waals surface area contributed by atoms with Crippen molar-refractivity contribution < 1.29 is 33.7 Å². The van der Waals surface area contributed by atoms with E-state index in [-0.39, 0.29) is 47.8 Å². The number of cyclic esters (lactones) is 1. The highest BCUT2D eigenvalue weighted by Gasteiger charge is 2.80. The highest BCUT2D eigenvalue weighted by atomic mass is 16.6. The van der Waals surface area contributed by atoms with Crippen LogP contribution in [0.15, 0.2) is 23.3 Å². The number of allylic oxidation sites excluding steroid dienone is 1. The number of hydrogen-bond acceptors (Lipinski definition) is 7. The highest BCUT2D eigenvalue weighted by Crippen LogP contribution is 2.73. The Labute approximate surface area is 219 Å². The summed E-state index contributed by atoms with van der Waals surface area (Å²) < 4.78 is 17.3. The molecule has 4 fully saturated rings. The van der Waals surface area contributed by atoms with Crippen LogP contribution in [0.25, 0.3) is 0 Å². The maximum absolute atomic E-state index is 13.3. The monoisotopic (exact) mass is 512 g/mol. The quantitative estimate of drug-likeness (QED) is 0.450. The fourth-order valence-corrected chi connectivity index (χ4v) is 9.85. The zero-order valence-corrected chi connectivity index (χ0v) is 22.6. The lowest BCUT2D eigenvalue weighted by Gasteiger charge is -2.58. The SMILES string of the molecule is CC(=O)OCC1=C(C)CC([C@@H](C)C2CCC3C4C[C@H]5OC56[C@H](O)C=CC(=O)[C@]6(C)C4CC[C@@]32C)OC1=O. The normalized spacial score (nSPS) is 48.9. The third kappa shape index (κ3) is 3.28. The number of aliphatic hydroxyl groups excluding tert-OH is 1. The molecule has 37 heavy (non-hydrogen) atoms. The van der Waals surface area contributed by atoms with Crippen LogP contribution in [-0.4, -0.2) is 53.3 Å². The molecule has 0 aromatic rings. The number of esters is 2. The molecule has 202 valence electrons. The first kappa shape index (κ1) is 25.3. The molecule has 1 saturated heterocycles. The molecule has 6 aliphatic rings. The minimum atomic E-state index is -0.733. The summed E-state index contributed by atoms with van der Waals surface area (Å²) >= 11 is 0. The molecule has 2 heterocycles. The van der Waals surface area contributed by atoms with Crippen molar-refractivity contribution >= 4 is 17.7 Å². The molecule has 6 rings (SSSR count). The van der Waals surface area contributed by atoms with E-state index >= 15 is 0 Å². The van der Waals surface area contributed by atoms with Crippen LogP contribution >= 0.6 is 0 Å². The third-order valence-corrected chi connectivity index (χ3v) is 11.9. The molecule has 6 unspecified atom stereocenters. The fourth-order valence-electron chi connectivity index (χ4n) is 9.85. The van der Waals surface area contributed by atoms with E-state index < -0.39 is 23.1 Å². The molecule has 7 heteroatoms. The zero-order valence-electron chi connectivity index (χ0n) is 22.6. The van der Waals surface area contributed by atoms with Gasteiger partial charge in [-0.1, -0.05) is 19.4 Å². The molecule has 4 aliphatic carbocycles. The number of aliphatic hydroxyl groups is 1. The molecule has 0 bridgehead atoms. The number of epoxide rings is 1. The van der Waals surface area contributed by atoms with E-state index in [1.54, 1.807) is 12.2 Å². The predicted octanol–water partition coefficient (Wildman–Crippen LogP) is 3.92. The van der Waals surface area contributed by atoms with Crippen LogP contribution in [-0.2, 0) is 28.6 Å². The van der Waals surface area contributed by atoms with Gasteiger partial charge in [0.2, 0.25) is 0 Å². The Bertz CT molecular complexity index is 1110. The van der Waals surface area contributed by atoms with Crippen molar-refractivity contribution in [3.8, 4) is 0 Å². The Morgan fingerprint density at radius 1 is 1.22 bits per heavy atom. The summed E-state index contributed by atoms with van der Waals surface area (Å²) in [7, 11) is 0. The van der Waals surface area contributed by atoms with Gasteiger partial charge in [0.15, 0.2) is 5.78 Å². The average molecular weight is 513 g/mol. The molecule has 1 N–H and O–H groups in total. The van der Waals surface area contributed by atoms with E-state index in [4.69, 9.17) is 14.2 Å². The van der Waals surface area contributed by atoms with Crippen molar-refractivity contribution in [3.63, 3.8) is 0 Å². The van der Waals surface area contributed by atoms with E-state index in [1.165, 1.54) is 6.92 Å². The molecule has 3 saturated carbocycles. The molecule has 1 spiro atoms. The van der Waals surface area contributed by atoms with E-state index in [2.05, 4.69) is 20.8 Å². The Morgan fingerprint density at radius 2 is 1.97 bits per heavy atom. The first-order valence-corrected chi connectivity index (χ1v) is 14.1. The summed E-state index contributed by atoms with van der Waals surface area (Å²) in [6.45, 7) is 9.97. The standard InChI is InChI=1S/C30H40O7/c1-15-12-23(36-27(34)19(15)14-35-17(3)31)16(2)20-6-7-21-18-13-26-30(37-26)25(33)9-8-24(32)29(30,5)22(18)10-11-28(20,21)4/h8-9,16,18,20-23,25-26,33H,6-7,10-14H2,1-5H3/t16-,18?,20?,21?,22?,23?,25+,26+,28+,29-,30?/m0/s1. The summed E-state index contributed by atoms with van der Waals surface area (Å²) in [5.41, 5.74) is 0.121. The van der Waals surface area contributed by atoms with Crippen molar-refractivity contribution in [3.05, 3.63) is 23.3 Å². The van der Waals surface area contributed by atoms with E-state index in [0.29, 0.717) is 29.7 Å². The zero-order chi connectivity index (χ0) is 26.5. The van der Waals surface area contributed by atoms with Crippen molar-refractivity contribution in [1.29, 1.82) is 0 Å². The molecule has 2 aliphatic heterocycles. The maximum atomic E-state index is 13.3. The van der Waals surface area contributed by atoms with Crippen molar-refractivity contribution in [1.82, 2.24) is 0 Å². The van der Waals surface area contributed by atoms with Gasteiger partial charge in [-0.15, -0.1) is 0 Å². The van der Waals surface area contributed by atoms with E-state index in [1.807, 2.05) is 6.92 Å². The molecule has 0 amide bonds. The molecular weight excluding hydrogens is 472 g/mol. The van der Waals surface area contributed by atoms with Gasteiger partial charge in [-0.2, -0.15) is 0 Å². The Morgan fingerprint density at radius 3 is 2.68 bits per heavy atom. The first-order chi connectivity index (χ1) is 17.4. The van der Waals surface area contributed by atoms with Crippen LogP contribution in [0.1, 0.15) is 73.1 Å².